The van der Waals surface area contributed by atoms with Crippen molar-refractivity contribution < 1.29 is 9.15 Å². The average molecular weight is 260 g/mol. The molecule has 0 bridgehead atoms. The van der Waals surface area contributed by atoms with Crippen LogP contribution in [0.2, 0.25) is 0 Å². The first-order chi connectivity index (χ1) is 9.22. The second-order valence-corrected chi connectivity index (χ2v) is 5.49. The van der Waals surface area contributed by atoms with Crippen molar-refractivity contribution in [3.05, 3.63) is 24.1 Å². The van der Waals surface area contributed by atoms with Crippen molar-refractivity contribution in [2.24, 2.45) is 5.92 Å². The van der Waals surface area contributed by atoms with Crippen LogP contribution in [-0.4, -0.2) is 11.1 Å². The van der Waals surface area contributed by atoms with Gasteiger partial charge in [0.05, 0.1) is 11.8 Å². The molecular formula is C15H20N2O2. The van der Waals surface area contributed by atoms with E-state index in [9.17, 15) is 0 Å². The lowest BCUT2D eigenvalue weighted by Gasteiger charge is -2.25. The van der Waals surface area contributed by atoms with Gasteiger partial charge in [-0.05, 0) is 43.7 Å². The maximum absolute atomic E-state index is 5.89. The molecule has 4 heteroatoms. The molecule has 1 heterocycles. The number of nitrogens with two attached hydrogens (primary N) is 1. The van der Waals surface area contributed by atoms with Crippen LogP contribution in [0.15, 0.2) is 22.6 Å². The number of nitrogen functional groups attached to an aromatic ring is 1. The van der Waals surface area contributed by atoms with Crippen molar-refractivity contribution in [2.75, 3.05) is 5.73 Å². The van der Waals surface area contributed by atoms with Crippen LogP contribution >= 0.6 is 0 Å². The lowest BCUT2D eigenvalue weighted by molar-refractivity contribution is -0.000151. The van der Waals surface area contributed by atoms with Gasteiger partial charge in [-0.25, -0.2) is 4.98 Å². The lowest BCUT2D eigenvalue weighted by Crippen LogP contribution is -2.20. The molecule has 0 radical (unpaired) electrons. The van der Waals surface area contributed by atoms with Gasteiger partial charge in [0.1, 0.15) is 12.1 Å². The summed E-state index contributed by atoms with van der Waals surface area (Å²) >= 11 is 0. The van der Waals surface area contributed by atoms with Gasteiger partial charge in [0, 0.05) is 0 Å². The van der Waals surface area contributed by atoms with Gasteiger partial charge in [-0.1, -0.05) is 13.0 Å². The van der Waals surface area contributed by atoms with Crippen molar-refractivity contribution in [3.63, 3.8) is 0 Å². The molecule has 0 unspecified atom stereocenters. The standard InChI is InChI=1S/C15H20N2O2/c1-10-5-7-11(8-6-10)18-9-14-17-15-12(16)3-2-4-13(15)19-14/h2-4,10-11H,5-9,16H2,1H3. The zero-order valence-corrected chi connectivity index (χ0v) is 11.3. The van der Waals surface area contributed by atoms with E-state index in [0.717, 1.165) is 29.9 Å². The third-order valence-electron chi connectivity index (χ3n) is 3.90. The minimum absolute atomic E-state index is 0.351. The molecular weight excluding hydrogens is 240 g/mol. The Labute approximate surface area is 112 Å². The monoisotopic (exact) mass is 260 g/mol. The van der Waals surface area contributed by atoms with Gasteiger partial charge in [0.25, 0.3) is 0 Å². The molecule has 1 aromatic carbocycles. The van der Waals surface area contributed by atoms with Crippen LogP contribution < -0.4 is 5.73 Å². The molecule has 0 spiro atoms. The Balaban J connectivity index is 1.64. The smallest absolute Gasteiger partial charge is 0.221 e. The molecule has 2 aromatic rings. The second-order valence-electron chi connectivity index (χ2n) is 5.49. The largest absolute Gasteiger partial charge is 0.438 e. The molecule has 1 aromatic heterocycles. The summed E-state index contributed by atoms with van der Waals surface area (Å²) < 4.78 is 11.5. The Bertz CT molecular complexity index is 556. The molecule has 1 aliphatic rings. The molecule has 19 heavy (non-hydrogen) atoms. The highest BCUT2D eigenvalue weighted by atomic mass is 16.5. The van der Waals surface area contributed by atoms with Crippen molar-refractivity contribution >= 4 is 16.8 Å². The summed E-state index contributed by atoms with van der Waals surface area (Å²) in [5.41, 5.74) is 7.98. The van der Waals surface area contributed by atoms with Crippen LogP contribution in [0.25, 0.3) is 11.1 Å². The molecule has 102 valence electrons. The second kappa shape index (κ2) is 5.21. The number of rotatable bonds is 3. The first-order valence-electron chi connectivity index (χ1n) is 6.98. The van der Waals surface area contributed by atoms with Crippen LogP contribution in [0.4, 0.5) is 5.69 Å². The average Bonchev–Trinajstić information content (AvgIpc) is 2.83. The SMILES string of the molecule is CC1CCC(OCc2nc3c(N)cccc3o2)CC1. The predicted octanol–water partition coefficient (Wildman–Crippen LogP) is 3.51. The van der Waals surface area contributed by atoms with E-state index in [1.165, 1.54) is 12.8 Å². The maximum atomic E-state index is 5.89. The highest BCUT2D eigenvalue weighted by Gasteiger charge is 2.19. The van der Waals surface area contributed by atoms with Crippen LogP contribution in [-0.2, 0) is 11.3 Å². The number of anilines is 1. The van der Waals surface area contributed by atoms with Crippen molar-refractivity contribution in [2.45, 2.75) is 45.3 Å². The molecule has 0 saturated heterocycles. The third kappa shape index (κ3) is 2.73. The minimum atomic E-state index is 0.351. The zero-order chi connectivity index (χ0) is 13.2. The molecule has 1 saturated carbocycles. The molecule has 0 aliphatic heterocycles. The Morgan fingerprint density at radius 2 is 2.11 bits per heavy atom. The number of oxazole rings is 1. The highest BCUT2D eigenvalue weighted by Crippen LogP contribution is 2.27. The fraction of sp³-hybridized carbons (Fsp3) is 0.533. The van der Waals surface area contributed by atoms with Gasteiger partial charge in [-0.3, -0.25) is 0 Å². The number of fused-ring (bicyclic) bond motifs is 1. The highest BCUT2D eigenvalue weighted by molar-refractivity contribution is 5.85. The summed E-state index contributed by atoms with van der Waals surface area (Å²) in [5.74, 6) is 1.45. The number of ether oxygens (including phenoxy) is 1. The fourth-order valence-electron chi connectivity index (χ4n) is 2.66. The Morgan fingerprint density at radius 3 is 2.84 bits per heavy atom. The van der Waals surface area contributed by atoms with E-state index in [2.05, 4.69) is 11.9 Å². The number of para-hydroxylation sites is 1. The third-order valence-corrected chi connectivity index (χ3v) is 3.90. The van der Waals surface area contributed by atoms with Crippen LogP contribution in [0.5, 0.6) is 0 Å². The molecule has 4 nitrogen and oxygen atoms in total. The first-order valence-corrected chi connectivity index (χ1v) is 6.98. The lowest BCUT2D eigenvalue weighted by atomic mass is 9.89. The quantitative estimate of drug-likeness (QED) is 0.858. The minimum Gasteiger partial charge on any atom is -0.438 e. The predicted molar refractivity (Wildman–Crippen MR) is 74.6 cm³/mol. The molecule has 0 amide bonds. The van der Waals surface area contributed by atoms with Crippen LogP contribution in [0, 0.1) is 5.92 Å². The van der Waals surface area contributed by atoms with Gasteiger partial charge in [0.15, 0.2) is 5.58 Å². The van der Waals surface area contributed by atoms with Gasteiger partial charge in [-0.2, -0.15) is 0 Å². The maximum Gasteiger partial charge on any atom is 0.221 e. The number of aromatic nitrogens is 1. The summed E-state index contributed by atoms with van der Waals surface area (Å²) in [6.45, 7) is 2.74. The Hall–Kier alpha value is -1.55. The zero-order valence-electron chi connectivity index (χ0n) is 11.3. The molecule has 2 N–H and O–H groups in total. The van der Waals surface area contributed by atoms with E-state index < -0.39 is 0 Å². The molecule has 1 aliphatic carbocycles. The van der Waals surface area contributed by atoms with E-state index in [1.54, 1.807) is 0 Å². The molecule has 3 rings (SSSR count). The number of benzene rings is 1. The van der Waals surface area contributed by atoms with E-state index >= 15 is 0 Å². The van der Waals surface area contributed by atoms with Crippen LogP contribution in [0.3, 0.4) is 0 Å². The van der Waals surface area contributed by atoms with Gasteiger partial charge >= 0.3 is 0 Å². The van der Waals surface area contributed by atoms with Gasteiger partial charge < -0.3 is 14.9 Å². The van der Waals surface area contributed by atoms with E-state index in [4.69, 9.17) is 14.9 Å². The normalized spacial score (nSPS) is 23.8. The van der Waals surface area contributed by atoms with Gasteiger partial charge in [-0.15, -0.1) is 0 Å². The summed E-state index contributed by atoms with van der Waals surface area (Å²) in [4.78, 5) is 4.39. The Kier molecular flexibility index (Phi) is 3.42. The van der Waals surface area contributed by atoms with E-state index in [-0.39, 0.29) is 0 Å². The molecule has 0 atom stereocenters. The van der Waals surface area contributed by atoms with Crippen molar-refractivity contribution in [3.8, 4) is 0 Å². The number of nitrogens with zero attached hydrogens (tertiary/aromatic N) is 1. The van der Waals surface area contributed by atoms with E-state index in [0.29, 0.717) is 24.3 Å². The van der Waals surface area contributed by atoms with Gasteiger partial charge in [0.2, 0.25) is 5.89 Å². The topological polar surface area (TPSA) is 61.3 Å². The summed E-state index contributed by atoms with van der Waals surface area (Å²) in [6.07, 6.45) is 5.15. The Morgan fingerprint density at radius 1 is 1.32 bits per heavy atom. The van der Waals surface area contributed by atoms with E-state index in [1.807, 2.05) is 18.2 Å². The fourth-order valence-corrected chi connectivity index (χ4v) is 2.66. The first kappa shape index (κ1) is 12.5. The number of hydrogen-bond donors (Lipinski definition) is 1. The van der Waals surface area contributed by atoms with Crippen molar-refractivity contribution in [1.82, 2.24) is 4.98 Å². The van der Waals surface area contributed by atoms with Crippen LogP contribution in [0.1, 0.15) is 38.5 Å². The summed E-state index contributed by atoms with van der Waals surface area (Å²) in [7, 11) is 0. The van der Waals surface area contributed by atoms with Crippen molar-refractivity contribution in [1.29, 1.82) is 0 Å². The summed E-state index contributed by atoms with van der Waals surface area (Å²) in [6, 6.07) is 5.58. The summed E-state index contributed by atoms with van der Waals surface area (Å²) in [5, 5.41) is 0. The molecule has 1 fully saturated rings. The number of hydrogen-bond acceptors (Lipinski definition) is 4.